The maximum atomic E-state index is 14.0. The van der Waals surface area contributed by atoms with Gasteiger partial charge in [-0.25, -0.2) is 9.97 Å². The highest BCUT2D eigenvalue weighted by molar-refractivity contribution is 7.13. The van der Waals surface area contributed by atoms with Crippen molar-refractivity contribution in [1.29, 1.82) is 0 Å². The van der Waals surface area contributed by atoms with E-state index in [2.05, 4.69) is 53.4 Å². The van der Waals surface area contributed by atoms with Crippen LogP contribution in [0.15, 0.2) is 103 Å². The van der Waals surface area contributed by atoms with Gasteiger partial charge in [0.1, 0.15) is 24.4 Å². The fourth-order valence-corrected chi connectivity index (χ4v) is 10.8. The van der Waals surface area contributed by atoms with Gasteiger partial charge in [-0.15, -0.1) is 11.3 Å². The summed E-state index contributed by atoms with van der Waals surface area (Å²) < 4.78 is 17.5. The molecule has 0 radical (unpaired) electrons. The van der Waals surface area contributed by atoms with Gasteiger partial charge in [-0.1, -0.05) is 63.2 Å². The maximum absolute atomic E-state index is 14.0. The minimum atomic E-state index is -0.948. The number of anilines is 1. The molecule has 0 aliphatic carbocycles. The Labute approximate surface area is 473 Å². The molecule has 0 bridgehead atoms. The van der Waals surface area contributed by atoms with Crippen LogP contribution in [0, 0.1) is 12.3 Å². The molecule has 2 fully saturated rings. The number of nitrogens with zero attached hydrogens (tertiary/aromatic N) is 6. The van der Waals surface area contributed by atoms with Crippen molar-refractivity contribution < 1.29 is 38.5 Å². The number of β-amino-alcohol motifs (C(OH)–C–C–N with tert-alkyl or cyclic N) is 1. The molecule has 5 heterocycles. The smallest absolute Gasteiger partial charge is 0.251 e. The van der Waals surface area contributed by atoms with Crippen molar-refractivity contribution in [3.8, 4) is 27.6 Å². The Hall–Kier alpha value is -7.10. The number of aliphatic hydroxyl groups excluding tert-OH is 1. The fraction of sp³-hybridized carbons (Fsp3) is 0.467. The summed E-state index contributed by atoms with van der Waals surface area (Å²) in [6.07, 6.45) is 7.58. The Morgan fingerprint density at radius 3 is 2.33 bits per heavy atom. The minimum absolute atomic E-state index is 0.00772. The molecular weight excluding hydrogens is 1030 g/mol. The van der Waals surface area contributed by atoms with Crippen LogP contribution in [0.4, 0.5) is 5.69 Å². The molecule has 80 heavy (non-hydrogen) atoms. The summed E-state index contributed by atoms with van der Waals surface area (Å²) in [5, 5.41) is 31.0. The maximum Gasteiger partial charge on any atom is 0.251 e. The lowest BCUT2D eigenvalue weighted by molar-refractivity contribution is -0.144. The second-order valence-electron chi connectivity index (χ2n) is 22.0. The topological polar surface area (TPSA) is 238 Å². The SMILES string of the molecule is Cc1ncsc1-c1ccc(CNC(=O)[C@@H]2C[C@@H](O)CN2C(=O)[C@@H](NC(=O)COCCCOCCCCCOc2ccc([C@H](C)NC(=O)c3cccc(NC4(c5nc(-c6ccncc6)n[nH]5)CCN(C)CC4)c3)cc2)C(C)(C)C)cc1. The number of likely N-dealkylation sites (tertiary alicyclic amines) is 2. The zero-order valence-electron chi connectivity index (χ0n) is 46.8. The van der Waals surface area contributed by atoms with Gasteiger partial charge in [0.15, 0.2) is 11.6 Å². The first-order valence-electron chi connectivity index (χ1n) is 27.7. The Morgan fingerprint density at radius 1 is 0.875 bits per heavy atom. The van der Waals surface area contributed by atoms with Crippen molar-refractivity contribution in [2.75, 3.05) is 65.0 Å². The van der Waals surface area contributed by atoms with Gasteiger partial charge in [0.25, 0.3) is 5.91 Å². The first kappa shape index (κ1) is 59.0. The summed E-state index contributed by atoms with van der Waals surface area (Å²) in [5.74, 6) is 0.732. The van der Waals surface area contributed by atoms with Crippen LogP contribution in [0.5, 0.6) is 5.75 Å². The van der Waals surface area contributed by atoms with E-state index in [4.69, 9.17) is 19.2 Å². The number of hydrogen-bond acceptors (Lipinski definition) is 15. The van der Waals surface area contributed by atoms with Gasteiger partial charge in [-0.05, 0) is 124 Å². The van der Waals surface area contributed by atoms with E-state index in [9.17, 15) is 24.3 Å². The molecule has 3 aromatic carbocycles. The number of ether oxygens (including phenoxy) is 3. The highest BCUT2D eigenvalue weighted by Gasteiger charge is 2.45. The Bertz CT molecular complexity index is 2960. The van der Waals surface area contributed by atoms with Crippen LogP contribution in [0.2, 0.25) is 0 Å². The average molecular weight is 1110 g/mol. The predicted octanol–water partition coefficient (Wildman–Crippen LogP) is 7.60. The largest absolute Gasteiger partial charge is 0.494 e. The van der Waals surface area contributed by atoms with Crippen LogP contribution in [0.25, 0.3) is 21.8 Å². The van der Waals surface area contributed by atoms with Gasteiger partial charge < -0.3 is 50.4 Å². The summed E-state index contributed by atoms with van der Waals surface area (Å²) >= 11 is 1.57. The molecule has 0 unspecified atom stereocenters. The van der Waals surface area contributed by atoms with Crippen molar-refractivity contribution in [2.24, 2.45) is 5.41 Å². The number of rotatable bonds is 26. The number of unbranched alkanes of at least 4 members (excludes halogenated alkanes) is 2. The molecule has 2 saturated heterocycles. The number of pyridine rings is 1. The number of aromatic amines is 1. The van der Waals surface area contributed by atoms with E-state index in [1.807, 2.05) is 125 Å². The molecule has 4 atom stereocenters. The quantitative estimate of drug-likeness (QED) is 0.0287. The summed E-state index contributed by atoms with van der Waals surface area (Å²) in [4.78, 5) is 72.2. The Morgan fingerprint density at radius 2 is 1.60 bits per heavy atom. The van der Waals surface area contributed by atoms with E-state index in [1.165, 1.54) is 4.90 Å². The van der Waals surface area contributed by atoms with Gasteiger partial charge in [-0.2, -0.15) is 5.10 Å². The monoisotopic (exact) mass is 1110 g/mol. The molecule has 426 valence electrons. The Kier molecular flexibility index (Phi) is 20.6. The van der Waals surface area contributed by atoms with Gasteiger partial charge in [0, 0.05) is 81.6 Å². The molecule has 20 heteroatoms. The number of aromatic nitrogens is 5. The van der Waals surface area contributed by atoms with Crippen molar-refractivity contribution in [2.45, 2.75) is 116 Å². The minimum Gasteiger partial charge on any atom is -0.494 e. The van der Waals surface area contributed by atoms with E-state index < -0.39 is 41.0 Å². The second kappa shape index (κ2) is 27.9. The summed E-state index contributed by atoms with van der Waals surface area (Å²) in [6, 6.07) is 25.0. The van der Waals surface area contributed by atoms with Crippen LogP contribution >= 0.6 is 11.3 Å². The standard InChI is InChI=1S/C60H77N11O8S/c1-40(64-55(74)46-12-10-13-47(34-46)67-60(24-28-70(6)29-25-60)58-66-54(68-69-58)45-22-26-61-27-23-45)43-18-20-49(21-19-43)79-33-9-7-8-30-77-31-11-32-78-38-51(73)65-53(59(3,4)5)57(76)71-37-48(72)35-50(71)56(75)62-36-42-14-16-44(17-15-42)52-41(2)63-39-80-52/h10,12-23,26-27,34,39-40,48,50,53,67,72H,7-9,11,24-25,28-33,35-38H2,1-6H3,(H,62,75)(H,64,74)(H,65,73)(H,66,68,69)/t40-,48+,50-,53+/m0/s1. The van der Waals surface area contributed by atoms with Crippen LogP contribution in [0.1, 0.15) is 112 Å². The second-order valence-corrected chi connectivity index (χ2v) is 22.8. The van der Waals surface area contributed by atoms with Gasteiger partial charge >= 0.3 is 0 Å². The van der Waals surface area contributed by atoms with Crippen molar-refractivity contribution in [3.05, 3.63) is 131 Å². The van der Waals surface area contributed by atoms with Crippen LogP contribution in [-0.2, 0) is 35.9 Å². The number of carbonyl (C=O) groups excluding carboxylic acids is 4. The number of amides is 4. The number of thiazole rings is 1. The lowest BCUT2D eigenvalue weighted by Crippen LogP contribution is -2.58. The molecule has 6 aromatic rings. The molecule has 8 rings (SSSR count). The molecule has 6 N–H and O–H groups in total. The van der Waals surface area contributed by atoms with Crippen LogP contribution in [0.3, 0.4) is 0 Å². The van der Waals surface area contributed by atoms with E-state index in [0.29, 0.717) is 44.2 Å². The predicted molar refractivity (Wildman–Crippen MR) is 308 cm³/mol. The fourth-order valence-electron chi connectivity index (χ4n) is 9.94. The number of carbonyl (C=O) groups is 4. The summed E-state index contributed by atoms with van der Waals surface area (Å²) in [6.45, 7) is 13.2. The lowest BCUT2D eigenvalue weighted by Gasteiger charge is -2.40. The molecule has 2 aliphatic heterocycles. The van der Waals surface area contributed by atoms with Crippen molar-refractivity contribution in [3.63, 3.8) is 0 Å². The van der Waals surface area contributed by atoms with E-state index in [0.717, 1.165) is 95.3 Å². The third-order valence-electron chi connectivity index (χ3n) is 14.7. The number of piperidine rings is 1. The van der Waals surface area contributed by atoms with Gasteiger partial charge in [0.2, 0.25) is 17.7 Å². The third-order valence-corrected chi connectivity index (χ3v) is 15.7. The molecule has 19 nitrogen and oxygen atoms in total. The molecular formula is C60H77N11O8S. The zero-order chi connectivity index (χ0) is 56.7. The Balaban J connectivity index is 0.681. The molecule has 0 spiro atoms. The third kappa shape index (κ3) is 16.1. The lowest BCUT2D eigenvalue weighted by atomic mass is 9.85. The first-order chi connectivity index (χ1) is 38.5. The van der Waals surface area contributed by atoms with Gasteiger partial charge in [-0.3, -0.25) is 29.3 Å². The number of H-pyrrole nitrogens is 1. The highest BCUT2D eigenvalue weighted by Crippen LogP contribution is 2.36. The molecule has 4 amide bonds. The average Bonchev–Trinajstić information content (AvgIpc) is 4.28. The molecule has 2 aliphatic rings. The molecule has 0 saturated carbocycles. The number of nitrogens with one attached hydrogen (secondary N) is 5. The first-order valence-corrected chi connectivity index (χ1v) is 28.6. The van der Waals surface area contributed by atoms with E-state index in [-0.39, 0.29) is 44.0 Å². The molecule has 3 aromatic heterocycles. The number of hydrogen-bond donors (Lipinski definition) is 6. The normalized spacial score (nSPS) is 17.1. The number of benzene rings is 3. The highest BCUT2D eigenvalue weighted by atomic mass is 32.1. The van der Waals surface area contributed by atoms with E-state index in [1.54, 1.807) is 23.7 Å². The van der Waals surface area contributed by atoms with Crippen LogP contribution in [-0.4, -0.2) is 142 Å². The van der Waals surface area contributed by atoms with Crippen LogP contribution < -0.4 is 26.0 Å². The zero-order valence-corrected chi connectivity index (χ0v) is 47.7. The summed E-state index contributed by atoms with van der Waals surface area (Å²) in [5.41, 5.74) is 6.79. The number of aliphatic hydroxyl groups is 1. The van der Waals surface area contributed by atoms with Gasteiger partial charge in [0.05, 0.1) is 40.4 Å². The van der Waals surface area contributed by atoms with E-state index >= 15 is 0 Å². The van der Waals surface area contributed by atoms with Crippen molar-refractivity contribution >= 4 is 40.7 Å². The number of aryl methyl sites for hydroxylation is 1. The van der Waals surface area contributed by atoms with Crippen molar-refractivity contribution in [1.82, 2.24) is 50.9 Å². The summed E-state index contributed by atoms with van der Waals surface area (Å²) in [7, 11) is 2.12.